The van der Waals surface area contributed by atoms with Crippen molar-refractivity contribution in [2.45, 2.75) is 26.5 Å². The molecule has 0 saturated heterocycles. The smallest absolute Gasteiger partial charge is 0.240 e. The first kappa shape index (κ1) is 12.6. The molecule has 0 saturated carbocycles. The predicted molar refractivity (Wildman–Crippen MR) is 55.2 cm³/mol. The van der Waals surface area contributed by atoms with E-state index in [1.165, 1.54) is 0 Å². The monoisotopic (exact) mass is 228 g/mol. The van der Waals surface area contributed by atoms with Crippen LogP contribution in [0.25, 0.3) is 0 Å². The average molecular weight is 228 g/mol. The van der Waals surface area contributed by atoms with E-state index in [2.05, 4.69) is 15.5 Å². The number of amides is 1. The number of ether oxygens (including phenoxy) is 1. The third-order valence-electron chi connectivity index (χ3n) is 1.84. The first-order chi connectivity index (χ1) is 7.63. The third-order valence-corrected chi connectivity index (χ3v) is 1.84. The molecule has 90 valence electrons. The van der Waals surface area contributed by atoms with Crippen molar-refractivity contribution in [1.29, 1.82) is 0 Å². The molecule has 1 amide bonds. The fourth-order valence-corrected chi connectivity index (χ4v) is 1.12. The standard InChI is InChI=1S/C9H16N4O3/c1-3-15-6(2)9-12-8(16-13-9)5-11-4-7(10)14/h6,11H,3-5H2,1-2H3,(H2,10,14). The lowest BCUT2D eigenvalue weighted by molar-refractivity contribution is -0.117. The average Bonchev–Trinajstić information content (AvgIpc) is 2.66. The number of hydrogen-bond acceptors (Lipinski definition) is 6. The first-order valence-corrected chi connectivity index (χ1v) is 5.06. The van der Waals surface area contributed by atoms with Gasteiger partial charge in [-0.3, -0.25) is 10.1 Å². The van der Waals surface area contributed by atoms with Crippen LogP contribution in [0.2, 0.25) is 0 Å². The second kappa shape index (κ2) is 6.19. The number of aromatic nitrogens is 2. The first-order valence-electron chi connectivity index (χ1n) is 5.06. The zero-order valence-corrected chi connectivity index (χ0v) is 9.40. The molecule has 7 heteroatoms. The van der Waals surface area contributed by atoms with Gasteiger partial charge in [-0.15, -0.1) is 0 Å². The SMILES string of the molecule is CCOC(C)c1noc(CNCC(N)=O)n1. The van der Waals surface area contributed by atoms with E-state index in [-0.39, 0.29) is 12.6 Å². The van der Waals surface area contributed by atoms with Crippen molar-refractivity contribution in [2.75, 3.05) is 13.2 Å². The lowest BCUT2D eigenvalue weighted by Crippen LogP contribution is -2.28. The molecule has 7 nitrogen and oxygen atoms in total. The largest absolute Gasteiger partial charge is 0.371 e. The number of nitrogens with zero attached hydrogens (tertiary/aromatic N) is 2. The van der Waals surface area contributed by atoms with Crippen molar-refractivity contribution in [3.8, 4) is 0 Å². The predicted octanol–water partition coefficient (Wildman–Crippen LogP) is -0.258. The quantitative estimate of drug-likeness (QED) is 0.666. The van der Waals surface area contributed by atoms with Gasteiger partial charge in [-0.1, -0.05) is 5.16 Å². The van der Waals surface area contributed by atoms with Gasteiger partial charge in [0.2, 0.25) is 11.8 Å². The number of nitrogens with two attached hydrogens (primary N) is 1. The van der Waals surface area contributed by atoms with Crippen LogP contribution in [0.15, 0.2) is 4.52 Å². The Morgan fingerprint density at radius 1 is 1.69 bits per heavy atom. The van der Waals surface area contributed by atoms with E-state index in [0.29, 0.717) is 24.9 Å². The van der Waals surface area contributed by atoms with E-state index in [0.717, 1.165) is 0 Å². The summed E-state index contributed by atoms with van der Waals surface area (Å²) in [7, 11) is 0. The zero-order chi connectivity index (χ0) is 12.0. The summed E-state index contributed by atoms with van der Waals surface area (Å²) in [6, 6.07) is 0. The molecule has 0 aliphatic rings. The molecule has 1 heterocycles. The summed E-state index contributed by atoms with van der Waals surface area (Å²) < 4.78 is 10.3. The molecule has 0 fully saturated rings. The van der Waals surface area contributed by atoms with Crippen LogP contribution in [-0.4, -0.2) is 29.2 Å². The lowest BCUT2D eigenvalue weighted by Gasteiger charge is -2.04. The van der Waals surface area contributed by atoms with Crippen LogP contribution in [0.4, 0.5) is 0 Å². The van der Waals surface area contributed by atoms with Crippen molar-refractivity contribution in [1.82, 2.24) is 15.5 Å². The molecule has 0 aliphatic heterocycles. The summed E-state index contributed by atoms with van der Waals surface area (Å²) in [5.41, 5.74) is 4.96. The van der Waals surface area contributed by atoms with Crippen molar-refractivity contribution in [2.24, 2.45) is 5.73 Å². The van der Waals surface area contributed by atoms with Gasteiger partial charge >= 0.3 is 0 Å². The molecule has 1 aromatic heterocycles. The van der Waals surface area contributed by atoms with E-state index < -0.39 is 5.91 Å². The fourth-order valence-electron chi connectivity index (χ4n) is 1.12. The van der Waals surface area contributed by atoms with E-state index >= 15 is 0 Å². The van der Waals surface area contributed by atoms with Crippen LogP contribution in [0.5, 0.6) is 0 Å². The van der Waals surface area contributed by atoms with Crippen LogP contribution in [0.3, 0.4) is 0 Å². The molecule has 1 unspecified atom stereocenters. The molecule has 1 atom stereocenters. The summed E-state index contributed by atoms with van der Waals surface area (Å²) in [4.78, 5) is 14.6. The Bertz CT molecular complexity index is 339. The van der Waals surface area contributed by atoms with Crippen LogP contribution in [-0.2, 0) is 16.1 Å². The highest BCUT2D eigenvalue weighted by molar-refractivity contribution is 5.75. The van der Waals surface area contributed by atoms with E-state index in [4.69, 9.17) is 15.0 Å². The molecular weight excluding hydrogens is 212 g/mol. The van der Waals surface area contributed by atoms with Gasteiger partial charge in [0, 0.05) is 6.61 Å². The van der Waals surface area contributed by atoms with Crippen LogP contribution in [0, 0.1) is 0 Å². The minimum Gasteiger partial charge on any atom is -0.371 e. The highest BCUT2D eigenvalue weighted by Gasteiger charge is 2.13. The Balaban J connectivity index is 2.41. The Kier molecular flexibility index (Phi) is 4.87. The number of hydrogen-bond donors (Lipinski definition) is 2. The summed E-state index contributed by atoms with van der Waals surface area (Å²) in [5.74, 6) is 0.475. The number of carbonyl (C=O) groups excluding carboxylic acids is 1. The van der Waals surface area contributed by atoms with E-state index in [9.17, 15) is 4.79 Å². The van der Waals surface area contributed by atoms with Gasteiger partial charge < -0.3 is 15.0 Å². The van der Waals surface area contributed by atoms with Gasteiger partial charge in [-0.2, -0.15) is 4.98 Å². The minimum absolute atomic E-state index is 0.0821. The maximum absolute atomic E-state index is 10.5. The molecule has 1 rings (SSSR count). The fraction of sp³-hybridized carbons (Fsp3) is 0.667. The summed E-state index contributed by atoms with van der Waals surface area (Å²) in [5, 5.41) is 6.54. The van der Waals surface area contributed by atoms with Gasteiger partial charge in [-0.05, 0) is 13.8 Å². The van der Waals surface area contributed by atoms with Gasteiger partial charge in [0.1, 0.15) is 6.10 Å². The Morgan fingerprint density at radius 2 is 2.44 bits per heavy atom. The molecule has 0 aromatic carbocycles. The van der Waals surface area contributed by atoms with Crippen LogP contribution >= 0.6 is 0 Å². The second-order valence-electron chi connectivity index (χ2n) is 3.21. The number of carbonyl (C=O) groups is 1. The lowest BCUT2D eigenvalue weighted by atomic mass is 10.4. The Morgan fingerprint density at radius 3 is 3.06 bits per heavy atom. The molecule has 16 heavy (non-hydrogen) atoms. The van der Waals surface area contributed by atoms with Crippen molar-refractivity contribution >= 4 is 5.91 Å². The van der Waals surface area contributed by atoms with Crippen LogP contribution < -0.4 is 11.1 Å². The highest BCUT2D eigenvalue weighted by Crippen LogP contribution is 2.12. The van der Waals surface area contributed by atoms with Gasteiger partial charge in [0.15, 0.2) is 5.82 Å². The maximum atomic E-state index is 10.5. The second-order valence-corrected chi connectivity index (χ2v) is 3.21. The zero-order valence-electron chi connectivity index (χ0n) is 9.40. The molecule has 0 bridgehead atoms. The molecule has 1 aromatic rings. The molecule has 0 aliphatic carbocycles. The molecule has 3 N–H and O–H groups in total. The molecular formula is C9H16N4O3. The number of rotatable bonds is 7. The number of primary amides is 1. The minimum atomic E-state index is -0.428. The summed E-state index contributed by atoms with van der Waals surface area (Å²) in [6.45, 7) is 4.72. The van der Waals surface area contributed by atoms with E-state index in [1.807, 2.05) is 13.8 Å². The van der Waals surface area contributed by atoms with Crippen LogP contribution in [0.1, 0.15) is 31.7 Å². The number of nitrogens with one attached hydrogen (secondary N) is 1. The normalized spacial score (nSPS) is 12.6. The van der Waals surface area contributed by atoms with E-state index in [1.54, 1.807) is 0 Å². The van der Waals surface area contributed by atoms with Gasteiger partial charge in [0.25, 0.3) is 0 Å². The van der Waals surface area contributed by atoms with Gasteiger partial charge in [0.05, 0.1) is 13.1 Å². The summed E-state index contributed by atoms with van der Waals surface area (Å²) >= 11 is 0. The van der Waals surface area contributed by atoms with Gasteiger partial charge in [-0.25, -0.2) is 0 Å². The van der Waals surface area contributed by atoms with Crippen molar-refractivity contribution in [3.63, 3.8) is 0 Å². The third kappa shape index (κ3) is 3.95. The van der Waals surface area contributed by atoms with Crippen molar-refractivity contribution in [3.05, 3.63) is 11.7 Å². The van der Waals surface area contributed by atoms with Crippen molar-refractivity contribution < 1.29 is 14.1 Å². The Hall–Kier alpha value is -1.47. The summed E-state index contributed by atoms with van der Waals surface area (Å²) in [6.07, 6.45) is -0.196. The topological polar surface area (TPSA) is 103 Å². The molecule has 0 spiro atoms. The Labute approximate surface area is 93.3 Å². The molecule has 0 radical (unpaired) electrons. The highest BCUT2D eigenvalue weighted by atomic mass is 16.5. The maximum Gasteiger partial charge on any atom is 0.240 e.